The van der Waals surface area contributed by atoms with Crippen LogP contribution in [0, 0.1) is 0 Å². The summed E-state index contributed by atoms with van der Waals surface area (Å²) in [5.74, 6) is 1.67. The van der Waals surface area contributed by atoms with Crippen molar-refractivity contribution in [3.8, 4) is 5.82 Å². The fraction of sp³-hybridized carbons (Fsp3) is 0.400. The smallest absolute Gasteiger partial charge is 0.191 e. The van der Waals surface area contributed by atoms with Crippen molar-refractivity contribution in [3.05, 3.63) is 42.6 Å². The highest BCUT2D eigenvalue weighted by molar-refractivity contribution is 5.79. The van der Waals surface area contributed by atoms with E-state index in [4.69, 9.17) is 0 Å². The summed E-state index contributed by atoms with van der Waals surface area (Å²) in [6.45, 7) is 4.96. The molecule has 0 saturated heterocycles. The number of rotatable bonds is 5. The van der Waals surface area contributed by atoms with Crippen LogP contribution in [0.3, 0.4) is 0 Å². The van der Waals surface area contributed by atoms with E-state index >= 15 is 0 Å². The molecule has 21 heavy (non-hydrogen) atoms. The predicted molar refractivity (Wildman–Crippen MR) is 84.4 cm³/mol. The van der Waals surface area contributed by atoms with Gasteiger partial charge in [0.15, 0.2) is 5.96 Å². The maximum atomic E-state index is 4.42. The Kier molecular flexibility index (Phi) is 5.31. The summed E-state index contributed by atoms with van der Waals surface area (Å²) in [4.78, 5) is 12.6. The molecule has 2 heterocycles. The van der Waals surface area contributed by atoms with Gasteiger partial charge in [-0.3, -0.25) is 9.56 Å². The van der Waals surface area contributed by atoms with Crippen molar-refractivity contribution >= 4 is 5.96 Å². The summed E-state index contributed by atoms with van der Waals surface area (Å²) >= 11 is 0. The first kappa shape index (κ1) is 15.0. The van der Waals surface area contributed by atoms with E-state index in [9.17, 15) is 0 Å². The van der Waals surface area contributed by atoms with Crippen LogP contribution < -0.4 is 10.6 Å². The molecule has 6 nitrogen and oxygen atoms in total. The fourth-order valence-corrected chi connectivity index (χ4v) is 1.78. The third-order valence-corrected chi connectivity index (χ3v) is 3.26. The largest absolute Gasteiger partial charge is 0.354 e. The number of hydrogen-bond donors (Lipinski definition) is 2. The molecule has 0 aliphatic heterocycles. The van der Waals surface area contributed by atoms with Crippen LogP contribution in [0.2, 0.25) is 0 Å². The summed E-state index contributed by atoms with van der Waals surface area (Å²) in [7, 11) is 1.78. The summed E-state index contributed by atoms with van der Waals surface area (Å²) < 4.78 is 1.88. The first-order chi connectivity index (χ1) is 10.2. The van der Waals surface area contributed by atoms with Gasteiger partial charge in [0, 0.05) is 38.2 Å². The zero-order valence-corrected chi connectivity index (χ0v) is 12.7. The molecular formula is C15H22N6. The SMILES string of the molecule is CCC(C)NC(=NC)NCc1ccc(-n2ccnc2)nc1. The quantitative estimate of drug-likeness (QED) is 0.649. The highest BCUT2D eigenvalue weighted by atomic mass is 15.2. The molecule has 2 aromatic rings. The second-order valence-corrected chi connectivity index (χ2v) is 4.87. The van der Waals surface area contributed by atoms with E-state index in [1.807, 2.05) is 29.1 Å². The first-order valence-corrected chi connectivity index (χ1v) is 7.13. The van der Waals surface area contributed by atoms with E-state index in [2.05, 4.69) is 39.4 Å². The van der Waals surface area contributed by atoms with Crippen LogP contribution in [0.5, 0.6) is 0 Å². The van der Waals surface area contributed by atoms with Gasteiger partial charge in [0.05, 0.1) is 0 Å². The summed E-state index contributed by atoms with van der Waals surface area (Å²) in [6.07, 6.45) is 8.26. The van der Waals surface area contributed by atoms with Gasteiger partial charge in [0.25, 0.3) is 0 Å². The molecule has 1 unspecified atom stereocenters. The van der Waals surface area contributed by atoms with Gasteiger partial charge >= 0.3 is 0 Å². The molecule has 6 heteroatoms. The van der Waals surface area contributed by atoms with E-state index in [1.165, 1.54) is 0 Å². The lowest BCUT2D eigenvalue weighted by Gasteiger charge is -2.16. The van der Waals surface area contributed by atoms with E-state index in [1.54, 1.807) is 19.6 Å². The molecule has 0 aliphatic rings. The zero-order chi connectivity index (χ0) is 15.1. The van der Waals surface area contributed by atoms with E-state index in [-0.39, 0.29) is 0 Å². The topological polar surface area (TPSA) is 67.1 Å². The number of aromatic nitrogens is 3. The molecule has 0 spiro atoms. The van der Waals surface area contributed by atoms with Crippen molar-refractivity contribution in [2.24, 2.45) is 4.99 Å². The second kappa shape index (κ2) is 7.42. The number of nitrogens with one attached hydrogen (secondary N) is 2. The summed E-state index contributed by atoms with van der Waals surface area (Å²) in [5.41, 5.74) is 1.10. The Morgan fingerprint density at radius 1 is 1.43 bits per heavy atom. The third kappa shape index (κ3) is 4.30. The van der Waals surface area contributed by atoms with Gasteiger partial charge in [-0.2, -0.15) is 0 Å². The number of hydrogen-bond acceptors (Lipinski definition) is 3. The van der Waals surface area contributed by atoms with Crippen molar-refractivity contribution in [1.29, 1.82) is 0 Å². The van der Waals surface area contributed by atoms with E-state index < -0.39 is 0 Å². The molecule has 0 bridgehead atoms. The summed E-state index contributed by atoms with van der Waals surface area (Å²) in [6, 6.07) is 4.42. The number of nitrogens with zero attached hydrogens (tertiary/aromatic N) is 4. The molecule has 112 valence electrons. The van der Waals surface area contributed by atoms with Gasteiger partial charge < -0.3 is 10.6 Å². The Hall–Kier alpha value is -2.37. The Balaban J connectivity index is 1.91. The molecular weight excluding hydrogens is 264 g/mol. The molecule has 1 atom stereocenters. The minimum absolute atomic E-state index is 0.401. The predicted octanol–water partition coefficient (Wildman–Crippen LogP) is 1.73. The lowest BCUT2D eigenvalue weighted by atomic mass is 10.2. The molecule has 0 amide bonds. The normalized spacial score (nSPS) is 13.0. The monoisotopic (exact) mass is 286 g/mol. The molecule has 2 N–H and O–H groups in total. The number of guanidine groups is 1. The van der Waals surface area contributed by atoms with Crippen LogP contribution in [-0.2, 0) is 6.54 Å². The van der Waals surface area contributed by atoms with Crippen molar-refractivity contribution in [2.45, 2.75) is 32.9 Å². The standard InChI is InChI=1S/C15H22N6/c1-4-12(2)20-15(16-3)19-10-13-5-6-14(18-9-13)21-8-7-17-11-21/h5-9,11-12H,4,10H2,1-3H3,(H2,16,19,20). The minimum Gasteiger partial charge on any atom is -0.354 e. The lowest BCUT2D eigenvalue weighted by molar-refractivity contribution is 0.624. The Bertz CT molecular complexity index is 558. The van der Waals surface area contributed by atoms with Crippen molar-refractivity contribution in [1.82, 2.24) is 25.2 Å². The highest BCUT2D eigenvalue weighted by Gasteiger charge is 2.03. The van der Waals surface area contributed by atoms with Crippen molar-refractivity contribution < 1.29 is 0 Å². The third-order valence-electron chi connectivity index (χ3n) is 3.26. The molecule has 0 saturated carbocycles. The van der Waals surface area contributed by atoms with E-state index in [0.717, 1.165) is 23.8 Å². The lowest BCUT2D eigenvalue weighted by Crippen LogP contribution is -2.41. The van der Waals surface area contributed by atoms with Crippen LogP contribution >= 0.6 is 0 Å². The maximum Gasteiger partial charge on any atom is 0.191 e. The molecule has 0 radical (unpaired) electrons. The Morgan fingerprint density at radius 2 is 2.29 bits per heavy atom. The first-order valence-electron chi connectivity index (χ1n) is 7.13. The molecule has 0 aliphatic carbocycles. The van der Waals surface area contributed by atoms with E-state index in [0.29, 0.717) is 12.6 Å². The van der Waals surface area contributed by atoms with Crippen molar-refractivity contribution in [3.63, 3.8) is 0 Å². The average molecular weight is 286 g/mol. The van der Waals surface area contributed by atoms with Crippen LogP contribution in [0.15, 0.2) is 42.0 Å². The summed E-state index contributed by atoms with van der Waals surface area (Å²) in [5, 5.41) is 6.61. The molecule has 2 aromatic heterocycles. The van der Waals surface area contributed by atoms with Gasteiger partial charge in [-0.1, -0.05) is 13.0 Å². The fourth-order valence-electron chi connectivity index (χ4n) is 1.78. The van der Waals surface area contributed by atoms with Gasteiger partial charge in [-0.25, -0.2) is 9.97 Å². The number of imidazole rings is 1. The zero-order valence-electron chi connectivity index (χ0n) is 12.7. The Morgan fingerprint density at radius 3 is 2.86 bits per heavy atom. The van der Waals surface area contributed by atoms with Gasteiger partial charge in [0.2, 0.25) is 0 Å². The van der Waals surface area contributed by atoms with Crippen molar-refractivity contribution in [2.75, 3.05) is 7.05 Å². The number of aliphatic imine (C=N–C) groups is 1. The Labute approximate surface area is 125 Å². The van der Waals surface area contributed by atoms with Gasteiger partial charge in [0.1, 0.15) is 12.1 Å². The van der Waals surface area contributed by atoms with Crippen LogP contribution in [0.4, 0.5) is 0 Å². The van der Waals surface area contributed by atoms with Gasteiger partial charge in [-0.15, -0.1) is 0 Å². The minimum atomic E-state index is 0.401. The second-order valence-electron chi connectivity index (χ2n) is 4.87. The molecule has 0 aromatic carbocycles. The van der Waals surface area contributed by atoms with Crippen LogP contribution in [0.25, 0.3) is 5.82 Å². The number of pyridine rings is 1. The molecule has 2 rings (SSSR count). The van der Waals surface area contributed by atoms with Gasteiger partial charge in [-0.05, 0) is 25.0 Å². The van der Waals surface area contributed by atoms with Crippen LogP contribution in [0.1, 0.15) is 25.8 Å². The highest BCUT2D eigenvalue weighted by Crippen LogP contribution is 2.05. The molecule has 0 fully saturated rings. The van der Waals surface area contributed by atoms with Crippen LogP contribution in [-0.4, -0.2) is 33.6 Å². The maximum absolute atomic E-state index is 4.42. The average Bonchev–Trinajstić information content (AvgIpc) is 3.06.